The van der Waals surface area contributed by atoms with Gasteiger partial charge in [0.2, 0.25) is 0 Å². The Morgan fingerprint density at radius 1 is 1.26 bits per heavy atom. The molecule has 0 atom stereocenters. The van der Waals surface area contributed by atoms with Gasteiger partial charge < -0.3 is 9.88 Å². The molecule has 0 radical (unpaired) electrons. The Hall–Kier alpha value is -1.28. The fourth-order valence-electron chi connectivity index (χ4n) is 3.39. The Kier molecular flexibility index (Phi) is 3.73. The van der Waals surface area contributed by atoms with Gasteiger partial charge in [-0.1, -0.05) is 39.0 Å². The van der Waals surface area contributed by atoms with Gasteiger partial charge >= 0.3 is 0 Å². The molecule has 1 heterocycles. The molecule has 0 spiro atoms. The SMILES string of the molecule is CCc1cccc2c(C(C)(C)CNC)c(C)n(C)c12. The maximum atomic E-state index is 3.33. The standard InChI is InChI=1S/C17H26N2/c1-7-13-9-8-10-14-15(17(3,4)11-18-5)12(2)19(6)16(13)14/h8-10,18H,7,11H2,1-6H3. The fraction of sp³-hybridized carbons (Fsp3) is 0.529. The molecule has 1 N–H and O–H groups in total. The van der Waals surface area contributed by atoms with Crippen LogP contribution in [0.1, 0.15) is 37.6 Å². The highest BCUT2D eigenvalue weighted by Gasteiger charge is 2.27. The topological polar surface area (TPSA) is 17.0 Å². The van der Waals surface area contributed by atoms with E-state index in [0.717, 1.165) is 13.0 Å². The molecule has 0 unspecified atom stereocenters. The van der Waals surface area contributed by atoms with Crippen LogP contribution in [-0.4, -0.2) is 18.2 Å². The first-order valence-electron chi connectivity index (χ1n) is 7.16. The van der Waals surface area contributed by atoms with Gasteiger partial charge in [0.15, 0.2) is 0 Å². The highest BCUT2D eigenvalue weighted by Crippen LogP contribution is 2.36. The van der Waals surface area contributed by atoms with Gasteiger partial charge in [0.25, 0.3) is 0 Å². The molecule has 0 amide bonds. The molecule has 2 heteroatoms. The molecule has 0 aliphatic rings. The number of nitrogens with one attached hydrogen (secondary N) is 1. The smallest absolute Gasteiger partial charge is 0.0515 e. The lowest BCUT2D eigenvalue weighted by molar-refractivity contribution is 0.493. The minimum atomic E-state index is 0.144. The number of aromatic nitrogens is 1. The second kappa shape index (κ2) is 5.01. The van der Waals surface area contributed by atoms with Crippen LogP contribution >= 0.6 is 0 Å². The predicted molar refractivity (Wildman–Crippen MR) is 84.0 cm³/mol. The van der Waals surface area contributed by atoms with E-state index in [9.17, 15) is 0 Å². The van der Waals surface area contributed by atoms with Crippen LogP contribution in [0.2, 0.25) is 0 Å². The second-order valence-corrected chi connectivity index (χ2v) is 6.10. The number of para-hydroxylation sites is 1. The first-order chi connectivity index (χ1) is 8.94. The number of rotatable bonds is 4. The summed E-state index contributed by atoms with van der Waals surface area (Å²) in [5.41, 5.74) is 5.85. The number of benzene rings is 1. The molecule has 2 nitrogen and oxygen atoms in total. The molecule has 0 saturated carbocycles. The van der Waals surface area contributed by atoms with Crippen LogP contribution in [0.25, 0.3) is 10.9 Å². The highest BCUT2D eigenvalue weighted by atomic mass is 15.0. The minimum absolute atomic E-state index is 0.144. The van der Waals surface area contributed by atoms with Crippen LogP contribution in [0.3, 0.4) is 0 Å². The van der Waals surface area contributed by atoms with Crippen molar-refractivity contribution in [2.45, 2.75) is 39.5 Å². The molecular weight excluding hydrogens is 232 g/mol. The van der Waals surface area contributed by atoms with Crippen LogP contribution in [0.5, 0.6) is 0 Å². The molecule has 0 saturated heterocycles. The van der Waals surface area contributed by atoms with E-state index in [1.54, 1.807) is 0 Å². The molecule has 1 aromatic heterocycles. The molecule has 2 aromatic rings. The second-order valence-electron chi connectivity index (χ2n) is 6.10. The molecule has 0 bridgehead atoms. The van der Waals surface area contributed by atoms with Gasteiger partial charge in [-0.2, -0.15) is 0 Å². The Bertz CT molecular complexity index is 591. The lowest BCUT2D eigenvalue weighted by Crippen LogP contribution is -2.31. The number of fused-ring (bicyclic) bond motifs is 1. The summed E-state index contributed by atoms with van der Waals surface area (Å²) < 4.78 is 2.36. The average molecular weight is 258 g/mol. The van der Waals surface area contributed by atoms with Crippen LogP contribution in [0.15, 0.2) is 18.2 Å². The summed E-state index contributed by atoms with van der Waals surface area (Å²) in [6.07, 6.45) is 1.08. The summed E-state index contributed by atoms with van der Waals surface area (Å²) in [4.78, 5) is 0. The van der Waals surface area contributed by atoms with Crippen molar-refractivity contribution in [2.75, 3.05) is 13.6 Å². The van der Waals surface area contributed by atoms with Gasteiger partial charge in [-0.05, 0) is 31.5 Å². The van der Waals surface area contributed by atoms with Gasteiger partial charge in [-0.25, -0.2) is 0 Å². The predicted octanol–water partition coefficient (Wildman–Crippen LogP) is 3.55. The third kappa shape index (κ3) is 2.18. The van der Waals surface area contributed by atoms with E-state index in [4.69, 9.17) is 0 Å². The first kappa shape index (κ1) is 14.1. The molecule has 0 aliphatic carbocycles. The number of likely N-dealkylation sites (N-methyl/N-ethyl adjacent to an activating group) is 1. The molecule has 1 aromatic carbocycles. The van der Waals surface area contributed by atoms with Crippen molar-refractivity contribution >= 4 is 10.9 Å². The van der Waals surface area contributed by atoms with Crippen LogP contribution in [0.4, 0.5) is 0 Å². The van der Waals surface area contributed by atoms with Crippen LogP contribution in [-0.2, 0) is 18.9 Å². The van der Waals surface area contributed by atoms with Crippen LogP contribution < -0.4 is 5.32 Å². The zero-order valence-corrected chi connectivity index (χ0v) is 13.1. The third-order valence-corrected chi connectivity index (χ3v) is 4.27. The fourth-order valence-corrected chi connectivity index (χ4v) is 3.39. The number of nitrogens with zero attached hydrogens (tertiary/aromatic N) is 1. The van der Waals surface area contributed by atoms with Crippen molar-refractivity contribution < 1.29 is 0 Å². The Morgan fingerprint density at radius 2 is 1.95 bits per heavy atom. The molecule has 104 valence electrons. The molecular formula is C17H26N2. The quantitative estimate of drug-likeness (QED) is 0.887. The van der Waals surface area contributed by atoms with Crippen molar-refractivity contribution in [3.8, 4) is 0 Å². The summed E-state index contributed by atoms with van der Waals surface area (Å²) >= 11 is 0. The summed E-state index contributed by atoms with van der Waals surface area (Å²) in [6.45, 7) is 10.1. The molecule has 0 fully saturated rings. The minimum Gasteiger partial charge on any atom is -0.347 e. The monoisotopic (exact) mass is 258 g/mol. The van der Waals surface area contributed by atoms with E-state index in [0.29, 0.717) is 0 Å². The normalized spacial score (nSPS) is 12.3. The van der Waals surface area contributed by atoms with Crippen molar-refractivity contribution in [2.24, 2.45) is 7.05 Å². The summed E-state index contributed by atoms with van der Waals surface area (Å²) in [6, 6.07) is 6.71. The van der Waals surface area contributed by atoms with Crippen molar-refractivity contribution in [1.29, 1.82) is 0 Å². The maximum Gasteiger partial charge on any atom is 0.0515 e. The summed E-state index contributed by atoms with van der Waals surface area (Å²) in [5, 5.41) is 4.74. The van der Waals surface area contributed by atoms with Crippen LogP contribution in [0, 0.1) is 6.92 Å². The lowest BCUT2D eigenvalue weighted by Gasteiger charge is -2.25. The van der Waals surface area contributed by atoms with Gasteiger partial charge in [-0.3, -0.25) is 0 Å². The van der Waals surface area contributed by atoms with E-state index < -0.39 is 0 Å². The van der Waals surface area contributed by atoms with E-state index >= 15 is 0 Å². The largest absolute Gasteiger partial charge is 0.347 e. The van der Waals surface area contributed by atoms with E-state index in [1.807, 2.05) is 7.05 Å². The Morgan fingerprint density at radius 3 is 2.53 bits per heavy atom. The van der Waals surface area contributed by atoms with Gasteiger partial charge in [0.05, 0.1) is 5.52 Å². The van der Waals surface area contributed by atoms with Gasteiger partial charge in [0.1, 0.15) is 0 Å². The number of hydrogen-bond acceptors (Lipinski definition) is 1. The zero-order valence-electron chi connectivity index (χ0n) is 13.1. The lowest BCUT2D eigenvalue weighted by atomic mass is 9.82. The van der Waals surface area contributed by atoms with E-state index in [2.05, 4.69) is 62.8 Å². The Balaban J connectivity index is 2.79. The first-order valence-corrected chi connectivity index (χ1v) is 7.16. The molecule has 19 heavy (non-hydrogen) atoms. The third-order valence-electron chi connectivity index (χ3n) is 4.27. The average Bonchev–Trinajstić information content (AvgIpc) is 2.62. The maximum absolute atomic E-state index is 3.33. The molecule has 0 aliphatic heterocycles. The van der Waals surface area contributed by atoms with Crippen molar-refractivity contribution in [1.82, 2.24) is 9.88 Å². The van der Waals surface area contributed by atoms with E-state index in [-0.39, 0.29) is 5.41 Å². The highest BCUT2D eigenvalue weighted by molar-refractivity contribution is 5.89. The Labute approximate surface area is 116 Å². The number of hydrogen-bond donors (Lipinski definition) is 1. The summed E-state index contributed by atoms with van der Waals surface area (Å²) in [5.74, 6) is 0. The van der Waals surface area contributed by atoms with E-state index in [1.165, 1.54) is 27.7 Å². The zero-order chi connectivity index (χ0) is 14.2. The van der Waals surface area contributed by atoms with Crippen molar-refractivity contribution in [3.63, 3.8) is 0 Å². The molecule has 2 rings (SSSR count). The van der Waals surface area contributed by atoms with Gasteiger partial charge in [0, 0.05) is 30.1 Å². The summed E-state index contributed by atoms with van der Waals surface area (Å²) in [7, 11) is 4.22. The van der Waals surface area contributed by atoms with Crippen molar-refractivity contribution in [3.05, 3.63) is 35.0 Å². The van der Waals surface area contributed by atoms with Gasteiger partial charge in [-0.15, -0.1) is 0 Å². The number of aryl methyl sites for hydroxylation is 2.